The van der Waals surface area contributed by atoms with Crippen molar-refractivity contribution < 1.29 is 9.18 Å². The maximum atomic E-state index is 13.4. The van der Waals surface area contributed by atoms with E-state index in [1.807, 2.05) is 4.90 Å². The third kappa shape index (κ3) is 3.40. The predicted octanol–water partition coefficient (Wildman–Crippen LogP) is 3.18. The van der Waals surface area contributed by atoms with Crippen molar-refractivity contribution in [3.8, 4) is 0 Å². The Kier molecular flexibility index (Phi) is 5.35. The van der Waals surface area contributed by atoms with Crippen LogP contribution in [0.3, 0.4) is 0 Å². The van der Waals surface area contributed by atoms with Crippen LogP contribution in [0.15, 0.2) is 24.3 Å². The Morgan fingerprint density at radius 3 is 2.82 bits per heavy atom. The van der Waals surface area contributed by atoms with Crippen LogP contribution in [0.5, 0.6) is 0 Å². The first-order chi connectivity index (χ1) is 13.2. The average Bonchev–Trinajstić information content (AvgIpc) is 3.31. The number of fused-ring (bicyclic) bond motifs is 2. The minimum atomic E-state index is -0.271. The molecular weight excluding hydrogens is 401 g/mol. The van der Waals surface area contributed by atoms with Crippen molar-refractivity contribution in [2.75, 3.05) is 19.6 Å². The van der Waals surface area contributed by atoms with Crippen LogP contribution in [0.4, 0.5) is 4.39 Å². The number of carbonyl (C=O) groups excluding carboxylic acids is 1. The van der Waals surface area contributed by atoms with E-state index in [2.05, 4.69) is 20.1 Å². The van der Waals surface area contributed by atoms with Gasteiger partial charge in [0.1, 0.15) is 17.5 Å². The minimum absolute atomic E-state index is 0. The summed E-state index contributed by atoms with van der Waals surface area (Å²) in [5.41, 5.74) is 0. The van der Waals surface area contributed by atoms with E-state index in [0.717, 1.165) is 54.2 Å². The van der Waals surface area contributed by atoms with Crippen molar-refractivity contribution in [1.82, 2.24) is 25.0 Å². The molecule has 0 unspecified atom stereocenters. The maximum absolute atomic E-state index is 13.4. The van der Waals surface area contributed by atoms with Gasteiger partial charge < -0.3 is 14.8 Å². The smallest absolute Gasteiger partial charge is 0.263 e. The number of nitrogens with one attached hydrogen (secondary N) is 1. The molecule has 1 saturated heterocycles. The number of piperidine rings is 1. The molecule has 0 bridgehead atoms. The van der Waals surface area contributed by atoms with Crippen molar-refractivity contribution in [1.29, 1.82) is 0 Å². The highest BCUT2D eigenvalue weighted by Gasteiger charge is 2.29. The number of thiophene rings is 1. The van der Waals surface area contributed by atoms with E-state index >= 15 is 0 Å². The Bertz CT molecular complexity index is 1010. The van der Waals surface area contributed by atoms with Gasteiger partial charge in [-0.2, -0.15) is 0 Å². The summed E-state index contributed by atoms with van der Waals surface area (Å²) < 4.78 is 16.6. The monoisotopic (exact) mass is 421 g/mol. The maximum Gasteiger partial charge on any atom is 0.263 e. The van der Waals surface area contributed by atoms with Gasteiger partial charge in [-0.25, -0.2) is 4.39 Å². The first kappa shape index (κ1) is 19.3. The average molecular weight is 422 g/mol. The SMILES string of the molecule is Cl.O=C(c1cc2cc(F)ccc2s1)N1CCC(c2nnc3n2CCNC3)CC1. The summed E-state index contributed by atoms with van der Waals surface area (Å²) in [6, 6.07) is 6.46. The first-order valence-electron chi connectivity index (χ1n) is 9.30. The van der Waals surface area contributed by atoms with Crippen molar-refractivity contribution >= 4 is 39.7 Å². The molecule has 2 aromatic heterocycles. The van der Waals surface area contributed by atoms with E-state index in [1.54, 1.807) is 12.1 Å². The molecule has 3 aromatic rings. The molecule has 0 radical (unpaired) electrons. The molecular formula is C19H21ClFN5OS. The Morgan fingerprint density at radius 2 is 2.00 bits per heavy atom. The second-order valence-electron chi connectivity index (χ2n) is 7.16. The van der Waals surface area contributed by atoms with E-state index in [1.165, 1.54) is 23.5 Å². The molecule has 0 atom stereocenters. The largest absolute Gasteiger partial charge is 0.338 e. The third-order valence-electron chi connectivity index (χ3n) is 5.49. The Labute approximate surface area is 172 Å². The zero-order valence-corrected chi connectivity index (χ0v) is 16.9. The number of hydrogen-bond acceptors (Lipinski definition) is 5. The standard InChI is InChI=1S/C19H20FN5OS.ClH/c20-14-1-2-15-13(9-14)10-16(27-15)19(26)24-6-3-12(4-7-24)18-23-22-17-11-21-5-8-25(17)18;/h1-2,9-10,12,21H,3-8,11H2;1H. The van der Waals surface area contributed by atoms with Gasteiger partial charge in [0.25, 0.3) is 5.91 Å². The van der Waals surface area contributed by atoms with Crippen molar-refractivity contribution in [2.24, 2.45) is 0 Å². The molecule has 4 heterocycles. The predicted molar refractivity (Wildman–Crippen MR) is 109 cm³/mol. The van der Waals surface area contributed by atoms with Gasteiger partial charge >= 0.3 is 0 Å². The fourth-order valence-corrected chi connectivity index (χ4v) is 5.04. The van der Waals surface area contributed by atoms with Gasteiger partial charge in [-0.05, 0) is 42.5 Å². The number of hydrogen-bond donors (Lipinski definition) is 1. The molecule has 1 amide bonds. The molecule has 1 aromatic carbocycles. The van der Waals surface area contributed by atoms with Crippen molar-refractivity contribution in [3.63, 3.8) is 0 Å². The molecule has 1 fully saturated rings. The molecule has 0 aliphatic carbocycles. The van der Waals surface area contributed by atoms with Gasteiger partial charge in [-0.1, -0.05) is 0 Å². The zero-order chi connectivity index (χ0) is 18.4. The van der Waals surface area contributed by atoms with Crippen LogP contribution < -0.4 is 5.32 Å². The van der Waals surface area contributed by atoms with Crippen LogP contribution in [-0.4, -0.2) is 45.2 Å². The van der Waals surface area contributed by atoms with E-state index in [-0.39, 0.29) is 24.1 Å². The number of carbonyl (C=O) groups is 1. The summed E-state index contributed by atoms with van der Waals surface area (Å²) in [6.07, 6.45) is 1.80. The molecule has 0 saturated carbocycles. The zero-order valence-electron chi connectivity index (χ0n) is 15.2. The van der Waals surface area contributed by atoms with Gasteiger partial charge in [0.05, 0.1) is 11.4 Å². The number of halogens is 2. The molecule has 1 N–H and O–H groups in total. The lowest BCUT2D eigenvalue weighted by molar-refractivity contribution is 0.0715. The van der Waals surface area contributed by atoms with Crippen LogP contribution >= 0.6 is 23.7 Å². The van der Waals surface area contributed by atoms with E-state index in [4.69, 9.17) is 0 Å². The lowest BCUT2D eigenvalue weighted by Crippen LogP contribution is -2.38. The van der Waals surface area contributed by atoms with Crippen molar-refractivity contribution in [3.05, 3.63) is 46.6 Å². The van der Waals surface area contributed by atoms with E-state index < -0.39 is 0 Å². The fraction of sp³-hybridized carbons (Fsp3) is 0.421. The Morgan fingerprint density at radius 1 is 1.18 bits per heavy atom. The quantitative estimate of drug-likeness (QED) is 0.690. The summed E-state index contributed by atoms with van der Waals surface area (Å²) in [5.74, 6) is 2.20. The lowest BCUT2D eigenvalue weighted by atomic mass is 9.95. The highest BCUT2D eigenvalue weighted by atomic mass is 35.5. The summed E-state index contributed by atoms with van der Waals surface area (Å²) in [6.45, 7) is 4.06. The number of benzene rings is 1. The second-order valence-corrected chi connectivity index (χ2v) is 8.25. The first-order valence-corrected chi connectivity index (χ1v) is 10.1. The van der Waals surface area contributed by atoms with Gasteiger partial charge in [0, 0.05) is 36.8 Å². The Balaban J connectivity index is 0.00000192. The molecule has 5 rings (SSSR count). The minimum Gasteiger partial charge on any atom is -0.338 e. The molecule has 6 nitrogen and oxygen atoms in total. The lowest BCUT2D eigenvalue weighted by Gasteiger charge is -2.31. The summed E-state index contributed by atoms with van der Waals surface area (Å²) in [4.78, 5) is 15.5. The topological polar surface area (TPSA) is 63.1 Å². The van der Waals surface area contributed by atoms with Crippen LogP contribution in [0, 0.1) is 5.82 Å². The van der Waals surface area contributed by atoms with Gasteiger partial charge in [0.2, 0.25) is 0 Å². The molecule has 0 spiro atoms. The van der Waals surface area contributed by atoms with Crippen LogP contribution in [0.1, 0.15) is 40.1 Å². The van der Waals surface area contributed by atoms with Crippen LogP contribution in [0.2, 0.25) is 0 Å². The van der Waals surface area contributed by atoms with Crippen LogP contribution in [0.25, 0.3) is 10.1 Å². The van der Waals surface area contributed by atoms with Crippen molar-refractivity contribution in [2.45, 2.75) is 31.8 Å². The highest BCUT2D eigenvalue weighted by Crippen LogP contribution is 2.31. The van der Waals surface area contributed by atoms with Gasteiger partial charge in [-0.3, -0.25) is 4.79 Å². The number of aromatic nitrogens is 3. The van der Waals surface area contributed by atoms with Gasteiger partial charge in [-0.15, -0.1) is 33.9 Å². The molecule has 28 heavy (non-hydrogen) atoms. The van der Waals surface area contributed by atoms with E-state index in [0.29, 0.717) is 23.9 Å². The summed E-state index contributed by atoms with van der Waals surface area (Å²) in [7, 11) is 0. The molecule has 2 aliphatic rings. The third-order valence-corrected chi connectivity index (χ3v) is 6.59. The second kappa shape index (κ2) is 7.77. The Hall–Kier alpha value is -2.03. The van der Waals surface area contributed by atoms with E-state index in [9.17, 15) is 9.18 Å². The van der Waals surface area contributed by atoms with Crippen LogP contribution in [-0.2, 0) is 13.1 Å². The number of likely N-dealkylation sites (tertiary alicyclic amines) is 1. The molecule has 2 aliphatic heterocycles. The summed E-state index contributed by atoms with van der Waals surface area (Å²) in [5, 5.41) is 12.8. The number of rotatable bonds is 2. The summed E-state index contributed by atoms with van der Waals surface area (Å²) >= 11 is 1.43. The molecule has 9 heteroatoms. The number of amides is 1. The number of nitrogens with zero attached hydrogens (tertiary/aromatic N) is 4. The van der Waals surface area contributed by atoms with Gasteiger partial charge in [0.15, 0.2) is 0 Å². The highest BCUT2D eigenvalue weighted by molar-refractivity contribution is 7.20. The molecule has 148 valence electrons. The fourth-order valence-electron chi connectivity index (χ4n) is 4.03. The normalized spacial score (nSPS) is 17.4.